The lowest BCUT2D eigenvalue weighted by Gasteiger charge is -2.14. The fourth-order valence-corrected chi connectivity index (χ4v) is 3.71. The molecule has 1 saturated heterocycles. The van der Waals surface area contributed by atoms with Crippen molar-refractivity contribution in [1.29, 1.82) is 0 Å². The quantitative estimate of drug-likeness (QED) is 0.454. The van der Waals surface area contributed by atoms with Crippen molar-refractivity contribution in [3.8, 4) is 17.0 Å². The van der Waals surface area contributed by atoms with E-state index in [9.17, 15) is 4.79 Å². The fraction of sp³-hybridized carbons (Fsp3) is 0.167. The number of nitrogens with zero attached hydrogens (tertiary/aromatic N) is 5. The number of nitrogens with one attached hydrogen (secondary N) is 2. The summed E-state index contributed by atoms with van der Waals surface area (Å²) in [6.07, 6.45) is 5.37. The van der Waals surface area contributed by atoms with Crippen molar-refractivity contribution in [2.45, 2.75) is 6.54 Å². The molecule has 2 aromatic heterocycles. The Balaban J connectivity index is 1.27. The third-order valence-corrected chi connectivity index (χ3v) is 5.36. The van der Waals surface area contributed by atoms with Crippen LogP contribution in [-0.2, 0) is 6.54 Å². The number of hydrogen-bond acceptors (Lipinski definition) is 6. The minimum Gasteiger partial charge on any atom is -0.497 e. The summed E-state index contributed by atoms with van der Waals surface area (Å²) in [5.74, 6) is 1.30. The molecule has 2 aromatic carbocycles. The van der Waals surface area contributed by atoms with E-state index in [-0.39, 0.29) is 6.03 Å². The second kappa shape index (κ2) is 8.99. The molecule has 9 nitrogen and oxygen atoms in total. The van der Waals surface area contributed by atoms with Gasteiger partial charge in [-0.15, -0.1) is 0 Å². The molecule has 166 valence electrons. The number of hydrogen-bond donors (Lipinski definition) is 2. The van der Waals surface area contributed by atoms with Crippen molar-refractivity contribution >= 4 is 23.4 Å². The minimum absolute atomic E-state index is 0.0665. The molecule has 4 aromatic rings. The molecule has 0 saturated carbocycles. The molecule has 0 unspecified atom stereocenters. The van der Waals surface area contributed by atoms with Crippen LogP contribution >= 0.6 is 0 Å². The molecule has 9 heteroatoms. The van der Waals surface area contributed by atoms with E-state index in [4.69, 9.17) is 4.74 Å². The second-order valence-corrected chi connectivity index (χ2v) is 7.60. The number of methoxy groups -OCH3 is 1. The van der Waals surface area contributed by atoms with Crippen LogP contribution in [0.5, 0.6) is 5.75 Å². The number of rotatable bonds is 7. The number of benzene rings is 2. The van der Waals surface area contributed by atoms with Gasteiger partial charge in [-0.2, -0.15) is 5.10 Å². The Morgan fingerprint density at radius 3 is 2.82 bits per heavy atom. The van der Waals surface area contributed by atoms with Gasteiger partial charge in [0.2, 0.25) is 5.95 Å². The summed E-state index contributed by atoms with van der Waals surface area (Å²) in [5, 5.41) is 10.4. The first-order chi connectivity index (χ1) is 16.2. The van der Waals surface area contributed by atoms with E-state index in [2.05, 4.69) is 25.7 Å². The smallest absolute Gasteiger partial charge is 0.321 e. The van der Waals surface area contributed by atoms with E-state index >= 15 is 0 Å². The van der Waals surface area contributed by atoms with Gasteiger partial charge in [0.05, 0.1) is 31.2 Å². The molecule has 2 amide bonds. The zero-order chi connectivity index (χ0) is 22.6. The number of carbonyl (C=O) groups is 1. The SMILES string of the molecule is COc1cccc(Cn2cc(Nc3nccc(-c4ccc(N5CCNC5=O)cc4)n3)cn2)c1. The summed E-state index contributed by atoms with van der Waals surface area (Å²) in [6.45, 7) is 1.96. The largest absolute Gasteiger partial charge is 0.497 e. The van der Waals surface area contributed by atoms with Crippen LogP contribution in [0.2, 0.25) is 0 Å². The van der Waals surface area contributed by atoms with Crippen molar-refractivity contribution in [1.82, 2.24) is 25.1 Å². The Labute approximate surface area is 191 Å². The average molecular weight is 441 g/mol. The van der Waals surface area contributed by atoms with E-state index in [1.54, 1.807) is 24.4 Å². The number of amides is 2. The van der Waals surface area contributed by atoms with Gasteiger partial charge in [-0.1, -0.05) is 24.3 Å². The highest BCUT2D eigenvalue weighted by Crippen LogP contribution is 2.24. The molecule has 0 bridgehead atoms. The van der Waals surface area contributed by atoms with Gasteiger partial charge in [0, 0.05) is 36.7 Å². The monoisotopic (exact) mass is 441 g/mol. The molecule has 0 radical (unpaired) electrons. The van der Waals surface area contributed by atoms with E-state index in [0.717, 1.165) is 33.9 Å². The van der Waals surface area contributed by atoms with Crippen LogP contribution < -0.4 is 20.3 Å². The Bertz CT molecular complexity index is 1270. The van der Waals surface area contributed by atoms with Gasteiger partial charge in [-0.3, -0.25) is 9.58 Å². The van der Waals surface area contributed by atoms with Gasteiger partial charge in [0.15, 0.2) is 0 Å². The lowest BCUT2D eigenvalue weighted by Crippen LogP contribution is -2.27. The van der Waals surface area contributed by atoms with Gasteiger partial charge in [0.25, 0.3) is 0 Å². The number of ether oxygens (including phenoxy) is 1. The van der Waals surface area contributed by atoms with Crippen molar-refractivity contribution in [3.63, 3.8) is 0 Å². The van der Waals surface area contributed by atoms with Crippen LogP contribution in [0.4, 0.5) is 22.1 Å². The van der Waals surface area contributed by atoms with Gasteiger partial charge < -0.3 is 15.4 Å². The molecule has 1 aliphatic heterocycles. The summed E-state index contributed by atoms with van der Waals surface area (Å²) >= 11 is 0. The van der Waals surface area contributed by atoms with Crippen molar-refractivity contribution in [3.05, 3.63) is 78.8 Å². The molecule has 3 heterocycles. The number of carbonyl (C=O) groups excluding carboxylic acids is 1. The van der Waals surface area contributed by atoms with E-state index in [1.807, 2.05) is 65.5 Å². The van der Waals surface area contributed by atoms with Crippen LogP contribution in [0.1, 0.15) is 5.56 Å². The van der Waals surface area contributed by atoms with Crippen LogP contribution in [-0.4, -0.2) is 46.0 Å². The van der Waals surface area contributed by atoms with E-state index in [1.165, 1.54) is 0 Å². The number of aromatic nitrogens is 4. The van der Waals surface area contributed by atoms with E-state index < -0.39 is 0 Å². The van der Waals surface area contributed by atoms with Gasteiger partial charge >= 0.3 is 6.03 Å². The molecule has 5 rings (SSSR count). The zero-order valence-electron chi connectivity index (χ0n) is 18.1. The Kier molecular flexibility index (Phi) is 5.59. The molecule has 0 atom stereocenters. The van der Waals surface area contributed by atoms with Crippen LogP contribution in [0.3, 0.4) is 0 Å². The number of anilines is 3. The molecule has 1 aliphatic rings. The van der Waals surface area contributed by atoms with Crippen molar-refractivity contribution in [2.24, 2.45) is 0 Å². The zero-order valence-corrected chi connectivity index (χ0v) is 18.1. The third kappa shape index (κ3) is 4.62. The molecule has 0 aliphatic carbocycles. The van der Waals surface area contributed by atoms with Crippen LogP contribution in [0, 0.1) is 0 Å². The van der Waals surface area contributed by atoms with Gasteiger partial charge in [0.1, 0.15) is 5.75 Å². The maximum atomic E-state index is 11.9. The maximum Gasteiger partial charge on any atom is 0.321 e. The highest BCUT2D eigenvalue weighted by molar-refractivity contribution is 5.94. The van der Waals surface area contributed by atoms with Crippen molar-refractivity contribution < 1.29 is 9.53 Å². The third-order valence-electron chi connectivity index (χ3n) is 5.36. The molecule has 33 heavy (non-hydrogen) atoms. The van der Waals surface area contributed by atoms with Crippen LogP contribution in [0.15, 0.2) is 73.2 Å². The Hall–Kier alpha value is -4.40. The molecule has 0 spiro atoms. The minimum atomic E-state index is -0.0665. The lowest BCUT2D eigenvalue weighted by atomic mass is 10.1. The maximum absolute atomic E-state index is 11.9. The predicted octanol–water partition coefficient (Wildman–Crippen LogP) is 3.67. The number of urea groups is 1. The summed E-state index contributed by atoms with van der Waals surface area (Å²) in [4.78, 5) is 22.5. The summed E-state index contributed by atoms with van der Waals surface area (Å²) in [7, 11) is 1.66. The molecular weight excluding hydrogens is 418 g/mol. The first-order valence-corrected chi connectivity index (χ1v) is 10.6. The summed E-state index contributed by atoms with van der Waals surface area (Å²) < 4.78 is 7.12. The highest BCUT2D eigenvalue weighted by atomic mass is 16.5. The van der Waals surface area contributed by atoms with Gasteiger partial charge in [-0.05, 0) is 35.9 Å². The highest BCUT2D eigenvalue weighted by Gasteiger charge is 2.20. The normalized spacial score (nSPS) is 13.1. The summed E-state index contributed by atoms with van der Waals surface area (Å²) in [6, 6.07) is 17.5. The molecule has 1 fully saturated rings. The average Bonchev–Trinajstić information content (AvgIpc) is 3.48. The topological polar surface area (TPSA) is 97.2 Å². The van der Waals surface area contributed by atoms with Crippen LogP contribution in [0.25, 0.3) is 11.3 Å². The second-order valence-electron chi connectivity index (χ2n) is 7.60. The Morgan fingerprint density at radius 2 is 2.03 bits per heavy atom. The predicted molar refractivity (Wildman–Crippen MR) is 126 cm³/mol. The van der Waals surface area contributed by atoms with Gasteiger partial charge in [-0.25, -0.2) is 14.8 Å². The molecule has 2 N–H and O–H groups in total. The van der Waals surface area contributed by atoms with Crippen molar-refractivity contribution in [2.75, 3.05) is 30.4 Å². The molecular formula is C24H23N7O2. The Morgan fingerprint density at radius 1 is 1.15 bits per heavy atom. The first-order valence-electron chi connectivity index (χ1n) is 10.6. The summed E-state index contributed by atoms with van der Waals surface area (Å²) in [5.41, 5.74) is 4.48. The van der Waals surface area contributed by atoms with E-state index in [0.29, 0.717) is 25.6 Å². The standard InChI is InChI=1S/C24H23N7O2/c1-33-21-4-2-3-17(13-21)15-30-16-19(14-27-30)28-23-25-10-9-22(29-23)18-5-7-20(8-6-18)31-12-11-26-24(31)32/h2-10,13-14,16H,11-12,15H2,1H3,(H,26,32)(H,25,28,29). The first kappa shape index (κ1) is 20.5. The fourth-order valence-electron chi connectivity index (χ4n) is 3.71. The lowest BCUT2D eigenvalue weighted by molar-refractivity contribution is 0.252.